The van der Waals surface area contributed by atoms with Crippen molar-refractivity contribution in [1.82, 2.24) is 4.72 Å². The van der Waals surface area contributed by atoms with E-state index in [1.54, 1.807) is 6.08 Å². The molecule has 0 fully saturated rings. The third kappa shape index (κ3) is 4.83. The van der Waals surface area contributed by atoms with E-state index < -0.39 is 27.4 Å². The number of carboxylic acids is 1. The van der Waals surface area contributed by atoms with Gasteiger partial charge in [-0.05, 0) is 19.1 Å². The van der Waals surface area contributed by atoms with Gasteiger partial charge >= 0.3 is 5.97 Å². The van der Waals surface area contributed by atoms with Crippen LogP contribution in [-0.4, -0.2) is 37.5 Å². The molecule has 0 aliphatic rings. The lowest BCUT2D eigenvalue weighted by Gasteiger charge is -2.10. The molecule has 0 saturated carbocycles. The van der Waals surface area contributed by atoms with E-state index in [-0.39, 0.29) is 17.0 Å². The van der Waals surface area contributed by atoms with Crippen LogP contribution >= 0.6 is 11.8 Å². The molecule has 0 unspecified atom stereocenters. The SMILES string of the molecule is C=CCSCCNS(=O)(=O)c1cc(C(=O)O)cc(F)c1C. The number of benzene rings is 1. The summed E-state index contributed by atoms with van der Waals surface area (Å²) in [5, 5.41) is 8.87. The van der Waals surface area contributed by atoms with Crippen LogP contribution in [0.3, 0.4) is 0 Å². The molecule has 1 aromatic rings. The Morgan fingerprint density at radius 3 is 2.76 bits per heavy atom. The average molecular weight is 333 g/mol. The highest BCUT2D eigenvalue weighted by atomic mass is 32.2. The molecule has 0 saturated heterocycles. The number of carbonyl (C=O) groups is 1. The van der Waals surface area contributed by atoms with Gasteiger partial charge in [-0.15, -0.1) is 6.58 Å². The molecular formula is C13H16FNO4S2. The van der Waals surface area contributed by atoms with Gasteiger partial charge in [-0.25, -0.2) is 22.3 Å². The largest absolute Gasteiger partial charge is 0.478 e. The summed E-state index contributed by atoms with van der Waals surface area (Å²) in [4.78, 5) is 10.5. The maximum Gasteiger partial charge on any atom is 0.335 e. The topological polar surface area (TPSA) is 83.5 Å². The number of hydrogen-bond acceptors (Lipinski definition) is 4. The zero-order valence-electron chi connectivity index (χ0n) is 11.4. The Hall–Kier alpha value is -1.38. The van der Waals surface area contributed by atoms with Crippen LogP contribution in [-0.2, 0) is 10.0 Å². The number of sulfonamides is 1. The summed E-state index contributed by atoms with van der Waals surface area (Å²) >= 11 is 1.49. The van der Waals surface area contributed by atoms with Gasteiger partial charge in [0.1, 0.15) is 5.82 Å². The van der Waals surface area contributed by atoms with E-state index >= 15 is 0 Å². The second-order valence-electron chi connectivity index (χ2n) is 4.15. The van der Waals surface area contributed by atoms with E-state index in [2.05, 4.69) is 11.3 Å². The minimum atomic E-state index is -3.95. The predicted molar refractivity (Wildman–Crippen MR) is 80.8 cm³/mol. The molecule has 0 aromatic heterocycles. The van der Waals surface area contributed by atoms with Gasteiger partial charge in [-0.3, -0.25) is 0 Å². The molecule has 0 bridgehead atoms. The molecule has 5 nitrogen and oxygen atoms in total. The molecule has 1 aromatic carbocycles. The highest BCUT2D eigenvalue weighted by Crippen LogP contribution is 2.20. The van der Waals surface area contributed by atoms with Gasteiger partial charge in [0, 0.05) is 23.6 Å². The lowest BCUT2D eigenvalue weighted by atomic mass is 10.1. The van der Waals surface area contributed by atoms with Crippen LogP contribution < -0.4 is 4.72 Å². The van der Waals surface area contributed by atoms with Gasteiger partial charge in [0.25, 0.3) is 0 Å². The molecule has 21 heavy (non-hydrogen) atoms. The standard InChI is InChI=1S/C13H16FNO4S2/c1-3-5-20-6-4-15-21(18,19)12-8-10(13(16)17)7-11(14)9(12)2/h3,7-8,15H,1,4-6H2,2H3,(H,16,17). The number of thioether (sulfide) groups is 1. The second kappa shape index (κ2) is 7.58. The molecule has 0 atom stereocenters. The van der Waals surface area contributed by atoms with Crippen molar-refractivity contribution in [2.45, 2.75) is 11.8 Å². The van der Waals surface area contributed by atoms with E-state index in [0.717, 1.165) is 12.1 Å². The van der Waals surface area contributed by atoms with Gasteiger partial charge in [-0.2, -0.15) is 11.8 Å². The molecule has 2 N–H and O–H groups in total. The smallest absolute Gasteiger partial charge is 0.335 e. The molecule has 1 rings (SSSR count). The normalized spacial score (nSPS) is 11.3. The fourth-order valence-electron chi connectivity index (χ4n) is 1.55. The first-order valence-electron chi connectivity index (χ1n) is 6.01. The minimum Gasteiger partial charge on any atom is -0.478 e. The monoisotopic (exact) mass is 333 g/mol. The van der Waals surface area contributed by atoms with E-state index in [4.69, 9.17) is 5.11 Å². The highest BCUT2D eigenvalue weighted by molar-refractivity contribution is 7.99. The van der Waals surface area contributed by atoms with Crippen molar-refractivity contribution in [3.63, 3.8) is 0 Å². The molecule has 0 amide bonds. The zero-order chi connectivity index (χ0) is 16.0. The first-order chi connectivity index (χ1) is 9.79. The van der Waals surface area contributed by atoms with Gasteiger partial charge in [0.2, 0.25) is 10.0 Å². The molecule has 0 spiro atoms. The van der Waals surface area contributed by atoms with Crippen molar-refractivity contribution in [2.75, 3.05) is 18.1 Å². The zero-order valence-corrected chi connectivity index (χ0v) is 13.1. The third-order valence-electron chi connectivity index (χ3n) is 2.61. The molecular weight excluding hydrogens is 317 g/mol. The molecule has 0 aliphatic heterocycles. The van der Waals surface area contributed by atoms with Gasteiger partial charge in [0.15, 0.2) is 0 Å². The minimum absolute atomic E-state index is 0.105. The van der Waals surface area contributed by atoms with Crippen LogP contribution in [0.25, 0.3) is 0 Å². The summed E-state index contributed by atoms with van der Waals surface area (Å²) in [6.07, 6.45) is 1.70. The molecule has 0 radical (unpaired) electrons. The van der Waals surface area contributed by atoms with Crippen LogP contribution in [0.5, 0.6) is 0 Å². The first kappa shape index (κ1) is 17.7. The van der Waals surface area contributed by atoms with E-state index in [9.17, 15) is 17.6 Å². The van der Waals surface area contributed by atoms with Gasteiger partial charge in [0.05, 0.1) is 10.5 Å². The van der Waals surface area contributed by atoms with Gasteiger partial charge < -0.3 is 5.11 Å². The van der Waals surface area contributed by atoms with Crippen molar-refractivity contribution in [3.8, 4) is 0 Å². The Morgan fingerprint density at radius 1 is 1.52 bits per heavy atom. The number of carboxylic acid groups (broad SMARTS) is 1. The lowest BCUT2D eigenvalue weighted by molar-refractivity contribution is 0.0696. The van der Waals surface area contributed by atoms with E-state index in [1.807, 2.05) is 0 Å². The maximum absolute atomic E-state index is 13.6. The van der Waals surface area contributed by atoms with Crippen LogP contribution in [0.4, 0.5) is 4.39 Å². The lowest BCUT2D eigenvalue weighted by Crippen LogP contribution is -2.27. The van der Waals surface area contributed by atoms with E-state index in [1.165, 1.54) is 18.7 Å². The van der Waals surface area contributed by atoms with Crippen LogP contribution in [0.1, 0.15) is 15.9 Å². The summed E-state index contributed by atoms with van der Waals surface area (Å²) in [5.74, 6) is -1.02. The first-order valence-corrected chi connectivity index (χ1v) is 8.65. The molecule has 0 aliphatic carbocycles. The summed E-state index contributed by atoms with van der Waals surface area (Å²) in [5.41, 5.74) is -0.509. The quantitative estimate of drug-likeness (QED) is 0.562. The molecule has 0 heterocycles. The van der Waals surface area contributed by atoms with Crippen molar-refractivity contribution in [1.29, 1.82) is 0 Å². The number of hydrogen-bond donors (Lipinski definition) is 2. The second-order valence-corrected chi connectivity index (χ2v) is 7.03. The fraction of sp³-hybridized carbons (Fsp3) is 0.308. The van der Waals surface area contributed by atoms with Crippen molar-refractivity contribution < 1.29 is 22.7 Å². The summed E-state index contributed by atoms with van der Waals surface area (Å²) in [6.45, 7) is 5.00. The Kier molecular flexibility index (Phi) is 6.38. The number of halogens is 1. The average Bonchev–Trinajstić information content (AvgIpc) is 2.40. The van der Waals surface area contributed by atoms with Crippen molar-refractivity contribution >= 4 is 27.8 Å². The number of aromatic carboxylic acids is 1. The Balaban J connectivity index is 2.97. The Morgan fingerprint density at radius 2 is 2.19 bits per heavy atom. The molecule has 116 valence electrons. The summed E-state index contributed by atoms with van der Waals surface area (Å²) < 4.78 is 40.2. The Labute approximate surface area is 127 Å². The number of nitrogens with one attached hydrogen (secondary N) is 1. The Bertz CT molecular complexity index is 644. The van der Waals surface area contributed by atoms with Crippen molar-refractivity contribution in [3.05, 3.63) is 41.7 Å². The maximum atomic E-state index is 13.6. The predicted octanol–water partition coefficient (Wildman–Crippen LogP) is 2.03. The van der Waals surface area contributed by atoms with Crippen LogP contribution in [0, 0.1) is 12.7 Å². The summed E-state index contributed by atoms with van der Waals surface area (Å²) in [6, 6.07) is 1.76. The fourth-order valence-corrected chi connectivity index (χ4v) is 3.57. The third-order valence-corrected chi connectivity index (χ3v) is 5.16. The van der Waals surface area contributed by atoms with E-state index in [0.29, 0.717) is 11.5 Å². The van der Waals surface area contributed by atoms with Gasteiger partial charge in [-0.1, -0.05) is 6.08 Å². The highest BCUT2D eigenvalue weighted by Gasteiger charge is 2.21. The number of rotatable bonds is 8. The van der Waals surface area contributed by atoms with Crippen LogP contribution in [0.2, 0.25) is 0 Å². The van der Waals surface area contributed by atoms with Crippen molar-refractivity contribution in [2.24, 2.45) is 0 Å². The summed E-state index contributed by atoms with van der Waals surface area (Å²) in [7, 11) is -3.95. The molecule has 8 heteroatoms. The van der Waals surface area contributed by atoms with Crippen LogP contribution in [0.15, 0.2) is 29.7 Å².